The Kier molecular flexibility index (Phi) is 5.17. The summed E-state index contributed by atoms with van der Waals surface area (Å²) in [4.78, 5) is 17.7. The van der Waals surface area contributed by atoms with E-state index in [1.54, 1.807) is 11.8 Å². The first kappa shape index (κ1) is 15.3. The van der Waals surface area contributed by atoms with Crippen molar-refractivity contribution in [3.63, 3.8) is 0 Å². The standard InChI is InChI=1S/C17H17NO2S/c1-12-4-8-16(9-5-12)21-17-10-6-15(7-11-17)13(2)18-20-14(3)19/h4-11H,1-3H3/b18-13-. The Morgan fingerprint density at radius 2 is 1.48 bits per heavy atom. The molecule has 0 aliphatic carbocycles. The van der Waals surface area contributed by atoms with Gasteiger partial charge in [0.1, 0.15) is 0 Å². The van der Waals surface area contributed by atoms with Gasteiger partial charge in [0.25, 0.3) is 0 Å². The molecule has 21 heavy (non-hydrogen) atoms. The zero-order valence-corrected chi connectivity index (χ0v) is 13.1. The molecule has 0 N–H and O–H groups in total. The van der Waals surface area contributed by atoms with Gasteiger partial charge in [0.05, 0.1) is 5.71 Å². The van der Waals surface area contributed by atoms with E-state index in [1.165, 1.54) is 17.4 Å². The number of oxime groups is 1. The van der Waals surface area contributed by atoms with E-state index in [9.17, 15) is 4.79 Å². The maximum atomic E-state index is 10.7. The van der Waals surface area contributed by atoms with Gasteiger partial charge in [-0.2, -0.15) is 0 Å². The van der Waals surface area contributed by atoms with Crippen LogP contribution in [-0.2, 0) is 9.63 Å². The van der Waals surface area contributed by atoms with Crippen molar-refractivity contribution in [3.8, 4) is 0 Å². The van der Waals surface area contributed by atoms with Gasteiger partial charge in [0.15, 0.2) is 0 Å². The van der Waals surface area contributed by atoms with Gasteiger partial charge in [-0.3, -0.25) is 0 Å². The van der Waals surface area contributed by atoms with Crippen molar-refractivity contribution >= 4 is 23.4 Å². The number of benzene rings is 2. The van der Waals surface area contributed by atoms with Gasteiger partial charge in [-0.05, 0) is 43.7 Å². The van der Waals surface area contributed by atoms with E-state index in [2.05, 4.69) is 41.2 Å². The van der Waals surface area contributed by atoms with E-state index in [-0.39, 0.29) is 0 Å². The minimum absolute atomic E-state index is 0.416. The first-order chi connectivity index (χ1) is 10.0. The topological polar surface area (TPSA) is 38.7 Å². The van der Waals surface area contributed by atoms with Gasteiger partial charge in [-0.1, -0.05) is 46.7 Å². The van der Waals surface area contributed by atoms with Crippen LogP contribution in [0.2, 0.25) is 0 Å². The second-order valence-electron chi connectivity index (χ2n) is 4.70. The number of carbonyl (C=O) groups excluding carboxylic acids is 1. The molecule has 0 heterocycles. The Bertz CT molecular complexity index is 645. The second kappa shape index (κ2) is 7.09. The first-order valence-corrected chi connectivity index (χ1v) is 7.43. The van der Waals surface area contributed by atoms with E-state index in [4.69, 9.17) is 0 Å². The maximum Gasteiger partial charge on any atom is 0.331 e. The summed E-state index contributed by atoms with van der Waals surface area (Å²) < 4.78 is 0. The molecular weight excluding hydrogens is 282 g/mol. The fourth-order valence-corrected chi connectivity index (χ4v) is 2.51. The van der Waals surface area contributed by atoms with E-state index >= 15 is 0 Å². The van der Waals surface area contributed by atoms with Crippen molar-refractivity contribution in [2.45, 2.75) is 30.6 Å². The summed E-state index contributed by atoms with van der Waals surface area (Å²) in [6, 6.07) is 16.4. The smallest absolute Gasteiger partial charge is 0.318 e. The van der Waals surface area contributed by atoms with Crippen LogP contribution in [0.25, 0.3) is 0 Å². The van der Waals surface area contributed by atoms with Gasteiger partial charge in [-0.25, -0.2) is 4.79 Å². The summed E-state index contributed by atoms with van der Waals surface area (Å²) in [7, 11) is 0. The fraction of sp³-hybridized carbons (Fsp3) is 0.176. The second-order valence-corrected chi connectivity index (χ2v) is 5.85. The zero-order chi connectivity index (χ0) is 15.2. The lowest BCUT2D eigenvalue weighted by atomic mass is 10.1. The molecule has 0 saturated heterocycles. The number of hydrogen-bond acceptors (Lipinski definition) is 4. The van der Waals surface area contributed by atoms with Crippen LogP contribution in [0.15, 0.2) is 63.5 Å². The summed E-state index contributed by atoms with van der Waals surface area (Å²) in [5.41, 5.74) is 2.87. The lowest BCUT2D eigenvalue weighted by Crippen LogP contribution is -1.99. The van der Waals surface area contributed by atoms with Crippen LogP contribution in [0, 0.1) is 6.92 Å². The minimum atomic E-state index is -0.416. The third kappa shape index (κ3) is 4.76. The zero-order valence-electron chi connectivity index (χ0n) is 12.3. The molecule has 0 unspecified atom stereocenters. The summed E-state index contributed by atoms with van der Waals surface area (Å²) in [6.07, 6.45) is 0. The monoisotopic (exact) mass is 299 g/mol. The normalized spacial score (nSPS) is 11.3. The predicted molar refractivity (Wildman–Crippen MR) is 85.7 cm³/mol. The SMILES string of the molecule is CC(=O)O/N=C(/C)c1ccc(Sc2ccc(C)cc2)cc1. The largest absolute Gasteiger partial charge is 0.331 e. The molecule has 0 spiro atoms. The number of aryl methyl sites for hydroxylation is 1. The van der Waals surface area contributed by atoms with Crippen molar-refractivity contribution < 1.29 is 9.63 Å². The quantitative estimate of drug-likeness (QED) is 0.476. The molecule has 4 heteroatoms. The van der Waals surface area contributed by atoms with Crippen LogP contribution in [0.5, 0.6) is 0 Å². The molecular formula is C17H17NO2S. The molecule has 0 bridgehead atoms. The molecule has 2 aromatic carbocycles. The molecule has 2 rings (SSSR count). The Labute approximate surface area is 129 Å². The molecule has 2 aromatic rings. The highest BCUT2D eigenvalue weighted by Gasteiger charge is 2.01. The summed E-state index contributed by atoms with van der Waals surface area (Å²) in [6.45, 7) is 5.22. The Balaban J connectivity index is 2.06. The van der Waals surface area contributed by atoms with Gasteiger partial charge in [-0.15, -0.1) is 0 Å². The van der Waals surface area contributed by atoms with Gasteiger partial charge in [0.2, 0.25) is 0 Å². The Hall–Kier alpha value is -2.07. The van der Waals surface area contributed by atoms with Gasteiger partial charge in [0, 0.05) is 16.7 Å². The van der Waals surface area contributed by atoms with E-state index in [1.807, 2.05) is 31.2 Å². The molecule has 0 aliphatic rings. The average Bonchev–Trinajstić information content (AvgIpc) is 2.48. The lowest BCUT2D eigenvalue weighted by molar-refractivity contribution is -0.140. The fourth-order valence-electron chi connectivity index (χ4n) is 1.69. The van der Waals surface area contributed by atoms with Crippen LogP contribution in [0.4, 0.5) is 0 Å². The average molecular weight is 299 g/mol. The van der Waals surface area contributed by atoms with Crippen molar-refractivity contribution in [3.05, 3.63) is 59.7 Å². The molecule has 0 atom stereocenters. The van der Waals surface area contributed by atoms with E-state index in [0.29, 0.717) is 5.71 Å². The van der Waals surface area contributed by atoms with Crippen LogP contribution in [0.3, 0.4) is 0 Å². The highest BCUT2D eigenvalue weighted by molar-refractivity contribution is 7.99. The van der Waals surface area contributed by atoms with E-state index in [0.717, 1.165) is 10.5 Å². The summed E-state index contributed by atoms with van der Waals surface area (Å²) in [5, 5.41) is 3.78. The molecule has 108 valence electrons. The van der Waals surface area contributed by atoms with Crippen LogP contribution in [-0.4, -0.2) is 11.7 Å². The first-order valence-electron chi connectivity index (χ1n) is 6.62. The summed E-state index contributed by atoms with van der Waals surface area (Å²) in [5.74, 6) is -0.416. The lowest BCUT2D eigenvalue weighted by Gasteiger charge is -2.04. The predicted octanol–water partition coefficient (Wildman–Crippen LogP) is 4.43. The van der Waals surface area contributed by atoms with Crippen LogP contribution in [0.1, 0.15) is 25.0 Å². The van der Waals surface area contributed by atoms with Gasteiger partial charge >= 0.3 is 5.97 Å². The molecule has 0 amide bonds. The van der Waals surface area contributed by atoms with Crippen molar-refractivity contribution in [2.24, 2.45) is 5.16 Å². The third-order valence-electron chi connectivity index (χ3n) is 2.84. The highest BCUT2D eigenvalue weighted by atomic mass is 32.2. The minimum Gasteiger partial charge on any atom is -0.318 e. The third-order valence-corrected chi connectivity index (χ3v) is 3.86. The molecule has 0 saturated carbocycles. The van der Waals surface area contributed by atoms with E-state index < -0.39 is 5.97 Å². The van der Waals surface area contributed by atoms with Crippen LogP contribution < -0.4 is 0 Å². The van der Waals surface area contributed by atoms with Crippen molar-refractivity contribution in [1.29, 1.82) is 0 Å². The Morgan fingerprint density at radius 3 is 2.00 bits per heavy atom. The summed E-state index contributed by atoms with van der Waals surface area (Å²) >= 11 is 1.71. The number of nitrogens with zero attached hydrogens (tertiary/aromatic N) is 1. The molecule has 0 aromatic heterocycles. The molecule has 0 aliphatic heterocycles. The molecule has 0 fully saturated rings. The number of rotatable bonds is 4. The van der Waals surface area contributed by atoms with Crippen molar-refractivity contribution in [1.82, 2.24) is 0 Å². The Morgan fingerprint density at radius 1 is 0.952 bits per heavy atom. The number of hydrogen-bond donors (Lipinski definition) is 0. The van der Waals surface area contributed by atoms with Gasteiger partial charge < -0.3 is 4.84 Å². The van der Waals surface area contributed by atoms with Crippen LogP contribution >= 0.6 is 11.8 Å². The highest BCUT2D eigenvalue weighted by Crippen LogP contribution is 2.27. The maximum absolute atomic E-state index is 10.7. The van der Waals surface area contributed by atoms with Crippen molar-refractivity contribution in [2.75, 3.05) is 0 Å². The molecule has 0 radical (unpaired) electrons. The molecule has 3 nitrogen and oxygen atoms in total. The number of carbonyl (C=O) groups is 1.